The van der Waals surface area contributed by atoms with Gasteiger partial charge in [-0.3, -0.25) is 9.48 Å². The molecule has 0 fully saturated rings. The van der Waals surface area contributed by atoms with E-state index in [1.807, 2.05) is 13.2 Å². The van der Waals surface area contributed by atoms with E-state index in [-0.39, 0.29) is 11.1 Å². The van der Waals surface area contributed by atoms with Gasteiger partial charge in [0, 0.05) is 38.0 Å². The quantitative estimate of drug-likeness (QED) is 0.499. The Balaban J connectivity index is 2.15. The third-order valence-electron chi connectivity index (χ3n) is 2.71. The zero-order valence-electron chi connectivity index (χ0n) is 11.2. The van der Waals surface area contributed by atoms with Crippen LogP contribution in [0, 0.1) is 0 Å². The van der Waals surface area contributed by atoms with Crippen LogP contribution in [0.3, 0.4) is 0 Å². The van der Waals surface area contributed by atoms with E-state index < -0.39 is 0 Å². The van der Waals surface area contributed by atoms with Gasteiger partial charge < -0.3 is 10.3 Å². The topological polar surface area (TPSA) is 89.1 Å². The predicted molar refractivity (Wildman–Crippen MR) is 76.1 cm³/mol. The highest BCUT2D eigenvalue weighted by molar-refractivity contribution is 6.29. The molecule has 0 unspecified atom stereocenters. The Hall–Kier alpha value is -2.12. The van der Waals surface area contributed by atoms with Gasteiger partial charge in [-0.1, -0.05) is 11.6 Å². The average molecular weight is 295 g/mol. The Labute approximate surface area is 121 Å². The van der Waals surface area contributed by atoms with Crippen LogP contribution < -0.4 is 11.3 Å². The number of nitrogens with one attached hydrogen (secondary N) is 1. The number of halogens is 1. The highest BCUT2D eigenvalue weighted by Crippen LogP contribution is 2.16. The fourth-order valence-electron chi connectivity index (χ4n) is 1.81. The molecule has 0 aliphatic heterocycles. The lowest BCUT2D eigenvalue weighted by atomic mass is 10.2. The summed E-state index contributed by atoms with van der Waals surface area (Å²) in [5.41, 5.74) is 3.74. The molecule has 2 rings (SSSR count). The molecule has 2 aromatic rings. The van der Waals surface area contributed by atoms with Crippen LogP contribution >= 0.6 is 11.6 Å². The van der Waals surface area contributed by atoms with Crippen LogP contribution in [0.1, 0.15) is 15.9 Å². The summed E-state index contributed by atoms with van der Waals surface area (Å²) in [6.45, 7) is 0.456. The zero-order chi connectivity index (χ0) is 14.7. The van der Waals surface area contributed by atoms with Crippen molar-refractivity contribution < 1.29 is 4.79 Å². The third-order valence-corrected chi connectivity index (χ3v) is 2.91. The summed E-state index contributed by atoms with van der Waals surface area (Å²) in [5.74, 6) is 5.45. The molecule has 0 atom stereocenters. The van der Waals surface area contributed by atoms with Crippen molar-refractivity contribution in [3.63, 3.8) is 0 Å². The van der Waals surface area contributed by atoms with E-state index in [9.17, 15) is 4.79 Å². The maximum atomic E-state index is 12.3. The highest BCUT2D eigenvalue weighted by Gasteiger charge is 2.14. The molecule has 0 saturated heterocycles. The first-order chi connectivity index (χ1) is 9.49. The SMILES string of the molecule is CN(Cc1cnn(C)c1)C(=O)c1cc(Cl)nc(NN)c1. The molecule has 0 aromatic carbocycles. The second-order valence-electron chi connectivity index (χ2n) is 4.39. The lowest BCUT2D eigenvalue weighted by molar-refractivity contribution is 0.0785. The fraction of sp³-hybridized carbons (Fsp3) is 0.250. The summed E-state index contributed by atoms with van der Waals surface area (Å²) >= 11 is 5.85. The van der Waals surface area contributed by atoms with Crippen molar-refractivity contribution in [1.82, 2.24) is 19.7 Å². The third kappa shape index (κ3) is 3.25. The second kappa shape index (κ2) is 5.89. The molecule has 2 heterocycles. The Morgan fingerprint density at radius 3 is 2.90 bits per heavy atom. The number of pyridine rings is 1. The van der Waals surface area contributed by atoms with Gasteiger partial charge in [-0.2, -0.15) is 5.10 Å². The number of hydrogen-bond donors (Lipinski definition) is 2. The number of anilines is 1. The molecule has 0 bridgehead atoms. The van der Waals surface area contributed by atoms with E-state index in [1.165, 1.54) is 6.07 Å². The summed E-state index contributed by atoms with van der Waals surface area (Å²) < 4.78 is 1.69. The maximum absolute atomic E-state index is 12.3. The fourth-order valence-corrected chi connectivity index (χ4v) is 2.02. The summed E-state index contributed by atoms with van der Waals surface area (Å²) in [5, 5.41) is 4.27. The molecule has 8 heteroatoms. The average Bonchev–Trinajstić information content (AvgIpc) is 2.82. The first-order valence-electron chi connectivity index (χ1n) is 5.87. The number of hydrazine groups is 1. The standard InChI is InChI=1S/C12H15ClN6O/c1-18(6-8-5-15-19(2)7-8)12(20)9-3-10(13)16-11(4-9)17-14/h3-5,7H,6,14H2,1-2H3,(H,16,17). The molecule has 0 radical (unpaired) electrons. The van der Waals surface area contributed by atoms with Crippen LogP contribution in [0.15, 0.2) is 24.5 Å². The first kappa shape index (κ1) is 14.3. The van der Waals surface area contributed by atoms with Crippen molar-refractivity contribution in [2.24, 2.45) is 12.9 Å². The molecular formula is C12H15ClN6O. The number of nitrogens with zero attached hydrogens (tertiary/aromatic N) is 4. The first-order valence-corrected chi connectivity index (χ1v) is 6.24. The summed E-state index contributed by atoms with van der Waals surface area (Å²) in [4.78, 5) is 17.8. The number of nitrogens with two attached hydrogens (primary N) is 1. The molecule has 1 amide bonds. The minimum atomic E-state index is -0.172. The summed E-state index contributed by atoms with van der Waals surface area (Å²) in [7, 11) is 3.53. The molecule has 20 heavy (non-hydrogen) atoms. The Kier molecular flexibility index (Phi) is 4.21. The number of hydrogen-bond acceptors (Lipinski definition) is 5. The number of carbonyl (C=O) groups excluding carboxylic acids is 1. The van der Waals surface area contributed by atoms with Crippen LogP contribution in [0.2, 0.25) is 5.15 Å². The van der Waals surface area contributed by atoms with Crippen molar-refractivity contribution >= 4 is 23.3 Å². The number of carbonyl (C=O) groups is 1. The number of amides is 1. The van der Waals surface area contributed by atoms with Gasteiger partial charge >= 0.3 is 0 Å². The largest absolute Gasteiger partial charge is 0.337 e. The summed E-state index contributed by atoms with van der Waals surface area (Å²) in [6, 6.07) is 3.05. The number of rotatable bonds is 4. The molecule has 0 saturated carbocycles. The number of aromatic nitrogens is 3. The Morgan fingerprint density at radius 2 is 2.30 bits per heavy atom. The zero-order valence-corrected chi connectivity index (χ0v) is 11.9. The minimum Gasteiger partial charge on any atom is -0.337 e. The van der Waals surface area contributed by atoms with Gasteiger partial charge in [-0.25, -0.2) is 10.8 Å². The van der Waals surface area contributed by atoms with E-state index in [0.29, 0.717) is 17.9 Å². The molecule has 3 N–H and O–H groups in total. The van der Waals surface area contributed by atoms with Crippen molar-refractivity contribution in [3.8, 4) is 0 Å². The molecule has 0 aliphatic rings. The van der Waals surface area contributed by atoms with Crippen LogP contribution in [-0.2, 0) is 13.6 Å². The Morgan fingerprint density at radius 1 is 1.55 bits per heavy atom. The van der Waals surface area contributed by atoms with Crippen LogP contribution in [0.4, 0.5) is 5.82 Å². The van der Waals surface area contributed by atoms with Crippen molar-refractivity contribution in [3.05, 3.63) is 40.8 Å². The van der Waals surface area contributed by atoms with Gasteiger partial charge in [0.2, 0.25) is 0 Å². The second-order valence-corrected chi connectivity index (χ2v) is 4.78. The lowest BCUT2D eigenvalue weighted by Crippen LogP contribution is -2.26. The normalized spacial score (nSPS) is 10.4. The molecule has 2 aromatic heterocycles. The molecule has 0 spiro atoms. The van der Waals surface area contributed by atoms with Gasteiger partial charge in [-0.05, 0) is 12.1 Å². The van der Waals surface area contributed by atoms with Gasteiger partial charge in [-0.15, -0.1) is 0 Å². The van der Waals surface area contributed by atoms with E-state index in [1.54, 1.807) is 28.9 Å². The van der Waals surface area contributed by atoms with E-state index in [2.05, 4.69) is 15.5 Å². The van der Waals surface area contributed by atoms with Crippen molar-refractivity contribution in [1.29, 1.82) is 0 Å². The van der Waals surface area contributed by atoms with Crippen molar-refractivity contribution in [2.45, 2.75) is 6.54 Å². The molecule has 0 aliphatic carbocycles. The van der Waals surface area contributed by atoms with Crippen LogP contribution in [-0.4, -0.2) is 32.6 Å². The van der Waals surface area contributed by atoms with E-state index in [0.717, 1.165) is 5.56 Å². The number of aryl methyl sites for hydroxylation is 1. The van der Waals surface area contributed by atoms with E-state index in [4.69, 9.17) is 17.4 Å². The smallest absolute Gasteiger partial charge is 0.254 e. The lowest BCUT2D eigenvalue weighted by Gasteiger charge is -2.16. The maximum Gasteiger partial charge on any atom is 0.254 e. The van der Waals surface area contributed by atoms with Crippen LogP contribution in [0.5, 0.6) is 0 Å². The van der Waals surface area contributed by atoms with Gasteiger partial charge in [0.15, 0.2) is 0 Å². The van der Waals surface area contributed by atoms with Gasteiger partial charge in [0.05, 0.1) is 6.20 Å². The molecule has 106 valence electrons. The van der Waals surface area contributed by atoms with Crippen molar-refractivity contribution in [2.75, 3.05) is 12.5 Å². The minimum absolute atomic E-state index is 0.172. The van der Waals surface area contributed by atoms with Crippen LogP contribution in [0.25, 0.3) is 0 Å². The monoisotopic (exact) mass is 294 g/mol. The van der Waals surface area contributed by atoms with E-state index >= 15 is 0 Å². The predicted octanol–water partition coefficient (Wildman–Crippen LogP) is 1.03. The summed E-state index contributed by atoms with van der Waals surface area (Å²) in [6.07, 6.45) is 3.58. The van der Waals surface area contributed by atoms with Gasteiger partial charge in [0.25, 0.3) is 5.91 Å². The molecule has 7 nitrogen and oxygen atoms in total. The van der Waals surface area contributed by atoms with Gasteiger partial charge in [0.1, 0.15) is 11.0 Å². The number of nitrogen functional groups attached to an aromatic ring is 1. The highest BCUT2D eigenvalue weighted by atomic mass is 35.5. The Bertz CT molecular complexity index is 626. The molecular weight excluding hydrogens is 280 g/mol.